The van der Waals surface area contributed by atoms with E-state index in [1.807, 2.05) is 4.90 Å². The highest BCUT2D eigenvalue weighted by Crippen LogP contribution is 2.28. The Kier molecular flexibility index (Phi) is 3.85. The van der Waals surface area contributed by atoms with Crippen LogP contribution < -0.4 is 5.32 Å². The lowest BCUT2D eigenvalue weighted by Gasteiger charge is -2.42. The molecule has 2 aliphatic heterocycles. The second-order valence-corrected chi connectivity index (χ2v) is 6.01. The molecule has 0 spiro atoms. The predicted molar refractivity (Wildman–Crippen MR) is 81.0 cm³/mol. The minimum absolute atomic E-state index is 0.0714. The van der Waals surface area contributed by atoms with E-state index in [0.717, 1.165) is 26.1 Å². The van der Waals surface area contributed by atoms with Crippen molar-refractivity contribution < 1.29 is 9.18 Å². The summed E-state index contributed by atoms with van der Waals surface area (Å²) >= 11 is 0. The molecule has 5 heteroatoms. The summed E-state index contributed by atoms with van der Waals surface area (Å²) in [5.41, 5.74) is 0.722. The SMILES string of the molecule is CNc1c(F)cccc1C(=O)N1CC2CCCN2CC1C. The first kappa shape index (κ1) is 14.3. The minimum Gasteiger partial charge on any atom is -0.385 e. The molecular weight excluding hydrogens is 269 g/mol. The molecule has 2 heterocycles. The molecule has 0 radical (unpaired) electrons. The van der Waals surface area contributed by atoms with Crippen molar-refractivity contribution in [2.24, 2.45) is 0 Å². The van der Waals surface area contributed by atoms with Crippen LogP contribution in [0.3, 0.4) is 0 Å². The van der Waals surface area contributed by atoms with Crippen molar-refractivity contribution in [3.63, 3.8) is 0 Å². The quantitative estimate of drug-likeness (QED) is 0.907. The van der Waals surface area contributed by atoms with Gasteiger partial charge in [0.15, 0.2) is 0 Å². The molecular formula is C16H22FN3O. The summed E-state index contributed by atoms with van der Waals surface area (Å²) in [6.45, 7) is 4.88. The zero-order valence-electron chi connectivity index (χ0n) is 12.6. The third-order valence-corrected chi connectivity index (χ3v) is 4.69. The van der Waals surface area contributed by atoms with E-state index in [0.29, 0.717) is 17.3 Å². The summed E-state index contributed by atoms with van der Waals surface area (Å²) < 4.78 is 13.8. The number of amides is 1. The molecule has 2 atom stereocenters. The van der Waals surface area contributed by atoms with Crippen molar-refractivity contribution in [1.29, 1.82) is 0 Å². The minimum atomic E-state index is -0.379. The zero-order chi connectivity index (χ0) is 15.0. The van der Waals surface area contributed by atoms with Gasteiger partial charge in [0.05, 0.1) is 11.3 Å². The summed E-state index contributed by atoms with van der Waals surface area (Å²) in [5.74, 6) is -0.451. The Balaban J connectivity index is 1.86. The van der Waals surface area contributed by atoms with Gasteiger partial charge in [-0.05, 0) is 38.4 Å². The van der Waals surface area contributed by atoms with Gasteiger partial charge in [-0.15, -0.1) is 0 Å². The van der Waals surface area contributed by atoms with E-state index in [9.17, 15) is 9.18 Å². The van der Waals surface area contributed by atoms with Crippen LogP contribution in [0.25, 0.3) is 0 Å². The smallest absolute Gasteiger partial charge is 0.256 e. The first-order valence-electron chi connectivity index (χ1n) is 7.63. The summed E-state index contributed by atoms with van der Waals surface area (Å²) in [6.07, 6.45) is 2.36. The summed E-state index contributed by atoms with van der Waals surface area (Å²) in [5, 5.41) is 2.81. The summed E-state index contributed by atoms with van der Waals surface area (Å²) in [7, 11) is 1.65. The monoisotopic (exact) mass is 291 g/mol. The summed E-state index contributed by atoms with van der Waals surface area (Å²) in [4.78, 5) is 17.2. The molecule has 0 saturated carbocycles. The Bertz CT molecular complexity index is 548. The van der Waals surface area contributed by atoms with Crippen molar-refractivity contribution in [3.8, 4) is 0 Å². The van der Waals surface area contributed by atoms with Gasteiger partial charge in [-0.1, -0.05) is 6.07 Å². The normalized spacial score (nSPS) is 25.8. The van der Waals surface area contributed by atoms with Gasteiger partial charge in [0.1, 0.15) is 5.82 Å². The lowest BCUT2D eigenvalue weighted by atomic mass is 10.0. The number of fused-ring (bicyclic) bond motifs is 1. The first-order valence-corrected chi connectivity index (χ1v) is 7.63. The van der Waals surface area contributed by atoms with Crippen LogP contribution in [0.15, 0.2) is 18.2 Å². The Labute approximate surface area is 124 Å². The molecule has 21 heavy (non-hydrogen) atoms. The third-order valence-electron chi connectivity index (χ3n) is 4.69. The number of benzene rings is 1. The highest BCUT2D eigenvalue weighted by molar-refractivity contribution is 6.00. The number of carbonyl (C=O) groups excluding carboxylic acids is 1. The number of para-hydroxylation sites is 1. The molecule has 0 aliphatic carbocycles. The van der Waals surface area contributed by atoms with Crippen LogP contribution in [0.1, 0.15) is 30.1 Å². The van der Waals surface area contributed by atoms with Crippen LogP contribution in [-0.4, -0.2) is 54.5 Å². The molecule has 1 aromatic rings. The number of hydrogen-bond acceptors (Lipinski definition) is 3. The fourth-order valence-electron chi connectivity index (χ4n) is 3.58. The highest BCUT2D eigenvalue weighted by atomic mass is 19.1. The lowest BCUT2D eigenvalue weighted by Crippen LogP contribution is -2.56. The van der Waals surface area contributed by atoms with Gasteiger partial charge in [-0.25, -0.2) is 4.39 Å². The number of rotatable bonds is 2. The van der Waals surface area contributed by atoms with Crippen molar-refractivity contribution in [2.75, 3.05) is 32.0 Å². The molecule has 114 valence electrons. The van der Waals surface area contributed by atoms with Crippen LogP contribution in [0.5, 0.6) is 0 Å². The standard InChI is InChI=1S/C16H22FN3O/c1-11-9-19-8-4-5-12(19)10-20(11)16(21)13-6-3-7-14(17)15(13)18-2/h3,6-7,11-12,18H,4-5,8-10H2,1-2H3. The zero-order valence-corrected chi connectivity index (χ0v) is 12.6. The molecule has 2 aliphatic rings. The Morgan fingerprint density at radius 2 is 2.19 bits per heavy atom. The maximum Gasteiger partial charge on any atom is 0.256 e. The largest absolute Gasteiger partial charge is 0.385 e. The van der Waals surface area contributed by atoms with E-state index < -0.39 is 0 Å². The van der Waals surface area contributed by atoms with E-state index in [1.54, 1.807) is 19.2 Å². The highest BCUT2D eigenvalue weighted by Gasteiger charge is 2.37. The van der Waals surface area contributed by atoms with Crippen molar-refractivity contribution in [3.05, 3.63) is 29.6 Å². The number of hydrogen-bond donors (Lipinski definition) is 1. The van der Waals surface area contributed by atoms with Gasteiger partial charge in [0.25, 0.3) is 5.91 Å². The Hall–Kier alpha value is -1.62. The third kappa shape index (κ3) is 2.50. The van der Waals surface area contributed by atoms with E-state index in [-0.39, 0.29) is 17.8 Å². The first-order chi connectivity index (χ1) is 10.1. The summed E-state index contributed by atoms with van der Waals surface area (Å²) in [6, 6.07) is 5.31. The Morgan fingerprint density at radius 1 is 1.38 bits per heavy atom. The van der Waals surface area contributed by atoms with Gasteiger partial charge in [0, 0.05) is 32.2 Å². The van der Waals surface area contributed by atoms with Gasteiger partial charge >= 0.3 is 0 Å². The molecule has 1 amide bonds. The maximum atomic E-state index is 13.8. The van der Waals surface area contributed by atoms with Crippen LogP contribution in [-0.2, 0) is 0 Å². The number of nitrogens with one attached hydrogen (secondary N) is 1. The van der Waals surface area contributed by atoms with Gasteiger partial charge in [-0.2, -0.15) is 0 Å². The number of piperazine rings is 1. The molecule has 0 bridgehead atoms. The number of nitrogens with zero attached hydrogens (tertiary/aromatic N) is 2. The molecule has 1 aromatic carbocycles. The van der Waals surface area contributed by atoms with Crippen LogP contribution >= 0.6 is 0 Å². The average molecular weight is 291 g/mol. The Morgan fingerprint density at radius 3 is 2.95 bits per heavy atom. The van der Waals surface area contributed by atoms with E-state index in [1.165, 1.54) is 12.5 Å². The van der Waals surface area contributed by atoms with Crippen LogP contribution in [0, 0.1) is 5.82 Å². The van der Waals surface area contributed by atoms with Gasteiger partial charge in [0.2, 0.25) is 0 Å². The topological polar surface area (TPSA) is 35.6 Å². The predicted octanol–water partition coefficient (Wildman–Crippen LogP) is 2.18. The number of carbonyl (C=O) groups is 1. The molecule has 1 N–H and O–H groups in total. The molecule has 2 unspecified atom stereocenters. The average Bonchev–Trinajstić information content (AvgIpc) is 2.92. The van der Waals surface area contributed by atoms with Crippen LogP contribution in [0.4, 0.5) is 10.1 Å². The number of halogens is 1. The number of anilines is 1. The van der Waals surface area contributed by atoms with E-state index >= 15 is 0 Å². The molecule has 4 nitrogen and oxygen atoms in total. The lowest BCUT2D eigenvalue weighted by molar-refractivity contribution is 0.0396. The van der Waals surface area contributed by atoms with Gasteiger partial charge in [-0.3, -0.25) is 9.69 Å². The van der Waals surface area contributed by atoms with E-state index in [2.05, 4.69) is 17.1 Å². The van der Waals surface area contributed by atoms with Crippen molar-refractivity contribution >= 4 is 11.6 Å². The van der Waals surface area contributed by atoms with E-state index in [4.69, 9.17) is 0 Å². The maximum absolute atomic E-state index is 13.8. The van der Waals surface area contributed by atoms with Crippen molar-refractivity contribution in [2.45, 2.75) is 31.8 Å². The second kappa shape index (κ2) is 5.64. The molecule has 2 saturated heterocycles. The molecule has 2 fully saturated rings. The van der Waals surface area contributed by atoms with Crippen molar-refractivity contribution in [1.82, 2.24) is 9.80 Å². The molecule has 3 rings (SSSR count). The fraction of sp³-hybridized carbons (Fsp3) is 0.562. The fourth-order valence-corrected chi connectivity index (χ4v) is 3.58. The van der Waals surface area contributed by atoms with Crippen LogP contribution in [0.2, 0.25) is 0 Å². The van der Waals surface area contributed by atoms with Gasteiger partial charge < -0.3 is 10.2 Å². The molecule has 0 aromatic heterocycles. The second-order valence-electron chi connectivity index (χ2n) is 6.01.